The lowest BCUT2D eigenvalue weighted by atomic mass is 9.78. The van der Waals surface area contributed by atoms with Crippen molar-refractivity contribution in [1.29, 1.82) is 5.26 Å². The first-order valence-electron chi connectivity index (χ1n) is 6.03. The first-order valence-corrected chi connectivity index (χ1v) is 6.03. The Kier molecular flexibility index (Phi) is 3.36. The molecular weight excluding hydrogens is 236 g/mol. The van der Waals surface area contributed by atoms with Crippen LogP contribution in [0, 0.1) is 34.3 Å². The molecule has 0 radical (unpaired) electrons. The van der Waals surface area contributed by atoms with Crippen LogP contribution in [-0.2, 0) is 0 Å². The Hall–Kier alpha value is -1.47. The van der Waals surface area contributed by atoms with Gasteiger partial charge in [0.15, 0.2) is 0 Å². The van der Waals surface area contributed by atoms with Gasteiger partial charge in [-0.2, -0.15) is 5.26 Å². The largest absolute Gasteiger partial charge is 0.387 e. The molecule has 1 aliphatic rings. The van der Waals surface area contributed by atoms with Gasteiger partial charge in [0.25, 0.3) is 0 Å². The number of hydrogen-bond acceptors (Lipinski definition) is 2. The summed E-state index contributed by atoms with van der Waals surface area (Å²) in [6.45, 7) is 1.98. The minimum absolute atomic E-state index is 0.286. The molecule has 18 heavy (non-hydrogen) atoms. The molecule has 3 atom stereocenters. The number of benzene rings is 1. The quantitative estimate of drug-likeness (QED) is 0.876. The maximum Gasteiger partial charge on any atom is 0.132 e. The third-order valence-corrected chi connectivity index (χ3v) is 3.82. The van der Waals surface area contributed by atoms with Gasteiger partial charge in [0.05, 0.1) is 17.0 Å². The highest BCUT2D eigenvalue weighted by atomic mass is 19.1. The van der Waals surface area contributed by atoms with E-state index in [4.69, 9.17) is 0 Å². The minimum Gasteiger partial charge on any atom is -0.387 e. The zero-order valence-corrected chi connectivity index (χ0v) is 10.2. The number of nitriles is 1. The zero-order valence-electron chi connectivity index (χ0n) is 10.2. The van der Waals surface area contributed by atoms with Crippen LogP contribution in [0.15, 0.2) is 18.2 Å². The van der Waals surface area contributed by atoms with Crippen molar-refractivity contribution in [1.82, 2.24) is 0 Å². The van der Waals surface area contributed by atoms with Crippen LogP contribution in [0.1, 0.15) is 37.9 Å². The normalized spacial score (nSPS) is 28.9. The maximum absolute atomic E-state index is 13.6. The second-order valence-electron chi connectivity index (χ2n) is 5.15. The smallest absolute Gasteiger partial charge is 0.132 e. The molecule has 1 aromatic carbocycles. The third kappa shape index (κ3) is 1.99. The van der Waals surface area contributed by atoms with Crippen LogP contribution in [0.3, 0.4) is 0 Å². The van der Waals surface area contributed by atoms with Gasteiger partial charge in [0, 0.05) is 0 Å². The number of rotatable bonds is 2. The van der Waals surface area contributed by atoms with Gasteiger partial charge in [0.2, 0.25) is 0 Å². The molecule has 0 amide bonds. The molecule has 1 N–H and O–H groups in total. The summed E-state index contributed by atoms with van der Waals surface area (Å²) in [5, 5.41) is 19.5. The van der Waals surface area contributed by atoms with Crippen molar-refractivity contribution >= 4 is 0 Å². The van der Waals surface area contributed by atoms with E-state index in [-0.39, 0.29) is 11.5 Å². The minimum atomic E-state index is -1.41. The fourth-order valence-corrected chi connectivity index (χ4v) is 2.79. The zero-order chi connectivity index (χ0) is 13.3. The first-order chi connectivity index (χ1) is 8.50. The average Bonchev–Trinajstić information content (AvgIpc) is 2.72. The molecule has 2 nitrogen and oxygen atoms in total. The van der Waals surface area contributed by atoms with Gasteiger partial charge in [-0.3, -0.25) is 0 Å². The molecule has 0 saturated heterocycles. The molecule has 1 aliphatic carbocycles. The van der Waals surface area contributed by atoms with E-state index in [9.17, 15) is 19.1 Å². The average molecular weight is 251 g/mol. The van der Waals surface area contributed by atoms with Gasteiger partial charge in [-0.25, -0.2) is 8.78 Å². The Morgan fingerprint density at radius 1 is 1.44 bits per heavy atom. The number of halogens is 2. The van der Waals surface area contributed by atoms with Gasteiger partial charge in [-0.15, -0.1) is 0 Å². The van der Waals surface area contributed by atoms with Crippen LogP contribution < -0.4 is 0 Å². The molecule has 1 saturated carbocycles. The Morgan fingerprint density at radius 3 is 2.50 bits per heavy atom. The van der Waals surface area contributed by atoms with E-state index < -0.39 is 23.2 Å². The van der Waals surface area contributed by atoms with Crippen LogP contribution in [0.5, 0.6) is 0 Å². The molecule has 1 aromatic rings. The summed E-state index contributed by atoms with van der Waals surface area (Å²) < 4.78 is 27.3. The lowest BCUT2D eigenvalue weighted by Crippen LogP contribution is -2.26. The van der Waals surface area contributed by atoms with Crippen LogP contribution in [0.2, 0.25) is 0 Å². The molecule has 3 unspecified atom stereocenters. The Bertz CT molecular complexity index is 477. The molecule has 1 fully saturated rings. The standard InChI is InChI=1S/C14H15F2NO/c1-9-5-6-14(7-9,8-17)13(18)12-10(15)3-2-4-11(12)16/h2-4,9,13,18H,5-7H2,1H3. The monoisotopic (exact) mass is 251 g/mol. The van der Waals surface area contributed by atoms with Gasteiger partial charge < -0.3 is 5.11 Å². The predicted octanol–water partition coefficient (Wildman–Crippen LogP) is 3.33. The Morgan fingerprint density at radius 2 is 2.06 bits per heavy atom. The molecule has 96 valence electrons. The highest BCUT2D eigenvalue weighted by Gasteiger charge is 2.46. The molecule has 0 spiro atoms. The predicted molar refractivity (Wildman–Crippen MR) is 62.4 cm³/mol. The van der Waals surface area contributed by atoms with E-state index in [1.807, 2.05) is 6.92 Å². The van der Waals surface area contributed by atoms with E-state index in [0.29, 0.717) is 12.8 Å². The van der Waals surface area contributed by atoms with Crippen molar-refractivity contribution < 1.29 is 13.9 Å². The summed E-state index contributed by atoms with van der Waals surface area (Å²) in [6.07, 6.45) is 0.326. The summed E-state index contributed by atoms with van der Waals surface area (Å²) >= 11 is 0. The van der Waals surface area contributed by atoms with Crippen molar-refractivity contribution in [2.45, 2.75) is 32.3 Å². The number of nitrogens with zero attached hydrogens (tertiary/aromatic N) is 1. The lowest BCUT2D eigenvalue weighted by Gasteiger charge is -2.28. The lowest BCUT2D eigenvalue weighted by molar-refractivity contribution is 0.0582. The van der Waals surface area contributed by atoms with Crippen molar-refractivity contribution in [2.24, 2.45) is 11.3 Å². The summed E-state index contributed by atoms with van der Waals surface area (Å²) in [5.41, 5.74) is -1.45. The van der Waals surface area contributed by atoms with Gasteiger partial charge in [0.1, 0.15) is 17.7 Å². The Labute approximate surface area is 105 Å². The molecule has 0 aromatic heterocycles. The van der Waals surface area contributed by atoms with E-state index in [0.717, 1.165) is 18.6 Å². The van der Waals surface area contributed by atoms with Gasteiger partial charge >= 0.3 is 0 Å². The van der Waals surface area contributed by atoms with Crippen molar-refractivity contribution in [3.8, 4) is 6.07 Å². The summed E-state index contributed by atoms with van der Waals surface area (Å²) in [7, 11) is 0. The highest BCUT2D eigenvalue weighted by Crippen LogP contribution is 2.50. The molecular formula is C14H15F2NO. The summed E-state index contributed by atoms with van der Waals surface area (Å²) in [6, 6.07) is 5.53. The molecule has 0 heterocycles. The number of aliphatic hydroxyl groups excluding tert-OH is 1. The summed E-state index contributed by atoms with van der Waals surface area (Å²) in [5.74, 6) is -1.30. The van der Waals surface area contributed by atoms with Crippen LogP contribution in [0.4, 0.5) is 8.78 Å². The van der Waals surface area contributed by atoms with Crippen LogP contribution >= 0.6 is 0 Å². The fraction of sp³-hybridized carbons (Fsp3) is 0.500. The van der Waals surface area contributed by atoms with Gasteiger partial charge in [-0.1, -0.05) is 13.0 Å². The van der Waals surface area contributed by atoms with E-state index >= 15 is 0 Å². The van der Waals surface area contributed by atoms with Gasteiger partial charge in [-0.05, 0) is 37.3 Å². The third-order valence-electron chi connectivity index (χ3n) is 3.82. The molecule has 0 bridgehead atoms. The van der Waals surface area contributed by atoms with Crippen LogP contribution in [-0.4, -0.2) is 5.11 Å². The topological polar surface area (TPSA) is 44.0 Å². The molecule has 2 rings (SSSR count). The van der Waals surface area contributed by atoms with E-state index in [1.165, 1.54) is 6.07 Å². The van der Waals surface area contributed by atoms with Crippen molar-refractivity contribution in [3.63, 3.8) is 0 Å². The van der Waals surface area contributed by atoms with Crippen LogP contribution in [0.25, 0.3) is 0 Å². The van der Waals surface area contributed by atoms with Crippen molar-refractivity contribution in [2.75, 3.05) is 0 Å². The first kappa shape index (κ1) is 13.0. The Balaban J connectivity index is 2.42. The highest BCUT2D eigenvalue weighted by molar-refractivity contribution is 5.27. The van der Waals surface area contributed by atoms with Crippen molar-refractivity contribution in [3.05, 3.63) is 35.4 Å². The molecule has 0 aliphatic heterocycles. The maximum atomic E-state index is 13.6. The summed E-state index contributed by atoms with van der Waals surface area (Å²) in [4.78, 5) is 0. The second-order valence-corrected chi connectivity index (χ2v) is 5.15. The molecule has 4 heteroatoms. The van der Waals surface area contributed by atoms with E-state index in [2.05, 4.69) is 6.07 Å². The fourth-order valence-electron chi connectivity index (χ4n) is 2.79. The number of hydrogen-bond donors (Lipinski definition) is 1. The number of aliphatic hydroxyl groups is 1. The SMILES string of the molecule is CC1CCC(C#N)(C(O)c2c(F)cccc2F)C1. The van der Waals surface area contributed by atoms with E-state index in [1.54, 1.807) is 0 Å². The second kappa shape index (κ2) is 4.66.